The molecule has 4 aliphatic heterocycles. The van der Waals surface area contributed by atoms with Crippen LogP contribution < -0.4 is 36.0 Å². The predicted molar refractivity (Wildman–Crippen MR) is 234 cm³/mol. The fourth-order valence-electron chi connectivity index (χ4n) is 10.1. The number of aryl methyl sites for hydroxylation is 2. The number of halogens is 6. The quantitative estimate of drug-likeness (QED) is 0.118. The Kier molecular flexibility index (Phi) is 10.8. The van der Waals surface area contributed by atoms with Gasteiger partial charge in [-0.3, -0.25) is 29.3 Å². The van der Waals surface area contributed by atoms with E-state index in [1.165, 1.54) is 20.3 Å². The number of carbonyl (C=O) groups excluding carboxylic acids is 2. The van der Waals surface area contributed by atoms with Crippen LogP contribution in [0.4, 0.5) is 50.8 Å². The molecule has 3 atom stereocenters. The number of benzene rings is 2. The summed E-state index contributed by atoms with van der Waals surface area (Å²) in [5.74, 6) is -4.19. The molecule has 21 heteroatoms. The normalized spacial score (nSPS) is 23.2. The molecule has 4 fully saturated rings. The molecule has 0 bridgehead atoms. The van der Waals surface area contributed by atoms with Gasteiger partial charge in [0.15, 0.2) is 12.4 Å². The summed E-state index contributed by atoms with van der Waals surface area (Å²) in [5, 5.41) is 14.5. The van der Waals surface area contributed by atoms with Gasteiger partial charge in [-0.05, 0) is 68.2 Å². The molecule has 3 unspecified atom stereocenters. The number of rotatable bonds is 8. The van der Waals surface area contributed by atoms with Crippen molar-refractivity contribution in [3.8, 4) is 5.75 Å². The summed E-state index contributed by atoms with van der Waals surface area (Å²) in [6.07, 6.45) is 0.127. The Morgan fingerprint density at radius 1 is 0.985 bits per heavy atom. The molecule has 1 aliphatic carbocycles. The molecule has 2 amide bonds. The van der Waals surface area contributed by atoms with Crippen molar-refractivity contribution in [2.45, 2.75) is 68.6 Å². The van der Waals surface area contributed by atoms with Gasteiger partial charge in [-0.2, -0.15) is 23.3 Å². The standard InChI is InChI=1S/C44H47ClF5N11O4/c1-57-30-10-8-25(18-28(30)35-37(41(57)64)65-22-43(46,47)38(54-35)24-6-7-24)52-39-29(45)19-51-42(55-39)60-14-12-23(13-15-60)20-59-16-17-61(32(21-59)44(48,49)50)31-5-3-4-26-34(56-58(2)36(26)31)27-9-11-33(62)53-40(27)63/h3-5,8,10,18-19,23-24,27,32,38,54H,6-7,9,11-17,20-22H2,1-2H3,(H,51,52,55)(H,53,62,63). The number of pyridine rings is 1. The molecule has 65 heavy (non-hydrogen) atoms. The zero-order valence-corrected chi connectivity index (χ0v) is 36.4. The van der Waals surface area contributed by atoms with Gasteiger partial charge in [0, 0.05) is 76.2 Å². The highest BCUT2D eigenvalue weighted by Crippen LogP contribution is 2.46. The van der Waals surface area contributed by atoms with E-state index in [2.05, 4.69) is 26.0 Å². The van der Waals surface area contributed by atoms with Crippen LogP contribution >= 0.6 is 11.6 Å². The average molecular weight is 924 g/mol. The van der Waals surface area contributed by atoms with Crippen LogP contribution in [0.1, 0.15) is 50.1 Å². The summed E-state index contributed by atoms with van der Waals surface area (Å²) in [7, 11) is 3.22. The van der Waals surface area contributed by atoms with Crippen molar-refractivity contribution in [3.05, 3.63) is 63.7 Å². The number of ether oxygens (including phenoxy) is 1. The van der Waals surface area contributed by atoms with Crippen LogP contribution in [0.5, 0.6) is 5.75 Å². The number of aromatic nitrogens is 5. The van der Waals surface area contributed by atoms with E-state index in [0.717, 1.165) is 0 Å². The third-order valence-corrected chi connectivity index (χ3v) is 13.9. The monoisotopic (exact) mass is 923 g/mol. The average Bonchev–Trinajstić information content (AvgIpc) is 4.08. The Labute approximate surface area is 374 Å². The number of hydrogen-bond acceptors (Lipinski definition) is 12. The number of para-hydroxylation sites is 1. The van der Waals surface area contributed by atoms with Crippen molar-refractivity contribution in [2.24, 2.45) is 25.9 Å². The number of amides is 2. The first-order chi connectivity index (χ1) is 31.0. The highest BCUT2D eigenvalue weighted by atomic mass is 35.5. The van der Waals surface area contributed by atoms with Crippen molar-refractivity contribution in [1.82, 2.24) is 34.5 Å². The lowest BCUT2D eigenvalue weighted by Gasteiger charge is -2.45. The molecule has 3 saturated heterocycles. The van der Waals surface area contributed by atoms with Crippen molar-refractivity contribution in [3.63, 3.8) is 0 Å². The molecule has 0 spiro atoms. The molecule has 2 aromatic carbocycles. The maximum absolute atomic E-state index is 15.2. The summed E-state index contributed by atoms with van der Waals surface area (Å²) in [6.45, 7) is 1.08. The van der Waals surface area contributed by atoms with Gasteiger partial charge in [0.25, 0.3) is 5.56 Å². The van der Waals surface area contributed by atoms with Crippen molar-refractivity contribution in [1.29, 1.82) is 0 Å². The SMILES string of the molecule is Cn1nc(C2CCC(=O)NC2=O)c2cccc(N3CCN(CC4CCN(c5ncc(Cl)c(Nc6ccc7c(c6)c6c(c(=O)n7C)OCC(F)(F)C(C7CC7)N6)n5)CC4)CC3C(F)(F)F)c21. The minimum Gasteiger partial charge on any atom is -0.480 e. The number of piperidine rings is 2. The van der Waals surface area contributed by atoms with Gasteiger partial charge in [0.2, 0.25) is 23.5 Å². The van der Waals surface area contributed by atoms with Crippen LogP contribution in [0.2, 0.25) is 5.02 Å². The van der Waals surface area contributed by atoms with Crippen LogP contribution in [0.15, 0.2) is 47.4 Å². The van der Waals surface area contributed by atoms with E-state index in [9.17, 15) is 27.6 Å². The molecule has 7 heterocycles. The van der Waals surface area contributed by atoms with Gasteiger partial charge in [-0.25, -0.2) is 13.8 Å². The topological polar surface area (TPSA) is 155 Å². The van der Waals surface area contributed by atoms with E-state index in [1.54, 1.807) is 50.5 Å². The first-order valence-corrected chi connectivity index (χ1v) is 22.2. The smallest absolute Gasteiger partial charge is 0.409 e. The first-order valence-electron chi connectivity index (χ1n) is 21.9. The maximum atomic E-state index is 15.2. The van der Waals surface area contributed by atoms with Gasteiger partial charge in [-0.1, -0.05) is 23.7 Å². The third-order valence-electron chi connectivity index (χ3n) is 13.6. The summed E-state index contributed by atoms with van der Waals surface area (Å²) in [6, 6.07) is 7.37. The second kappa shape index (κ2) is 16.3. The first kappa shape index (κ1) is 43.1. The number of carbonyl (C=O) groups is 2. The zero-order valence-electron chi connectivity index (χ0n) is 35.6. The molecule has 3 N–H and O–H groups in total. The van der Waals surface area contributed by atoms with Gasteiger partial charge in [0.1, 0.15) is 11.1 Å². The second-order valence-corrected chi connectivity index (χ2v) is 18.3. The fraction of sp³-hybridized carbons (Fsp3) is 0.500. The number of hydrogen-bond donors (Lipinski definition) is 3. The second-order valence-electron chi connectivity index (χ2n) is 17.9. The van der Waals surface area contributed by atoms with Gasteiger partial charge in [0.05, 0.1) is 46.3 Å². The Hall–Kier alpha value is -5.76. The number of nitrogens with zero attached hydrogens (tertiary/aromatic N) is 8. The lowest BCUT2D eigenvalue weighted by atomic mass is 9.92. The lowest BCUT2D eigenvalue weighted by molar-refractivity contribution is -0.157. The van der Waals surface area contributed by atoms with E-state index in [1.807, 2.05) is 9.80 Å². The van der Waals surface area contributed by atoms with Gasteiger partial charge < -0.3 is 29.7 Å². The molecular weight excluding hydrogens is 877 g/mol. The molecular formula is C44H47ClF5N11O4. The predicted octanol–water partition coefficient (Wildman–Crippen LogP) is 6.32. The Morgan fingerprint density at radius 2 is 1.77 bits per heavy atom. The van der Waals surface area contributed by atoms with E-state index < -0.39 is 48.2 Å². The highest BCUT2D eigenvalue weighted by molar-refractivity contribution is 6.33. The van der Waals surface area contributed by atoms with E-state index >= 15 is 8.78 Å². The number of imide groups is 1. The number of nitrogens with one attached hydrogen (secondary N) is 3. The van der Waals surface area contributed by atoms with Crippen molar-refractivity contribution < 1.29 is 36.3 Å². The third kappa shape index (κ3) is 8.05. The lowest BCUT2D eigenvalue weighted by Crippen LogP contribution is -2.60. The maximum Gasteiger partial charge on any atom is 0.409 e. The fourth-order valence-corrected chi connectivity index (χ4v) is 10.2. The molecule has 15 nitrogen and oxygen atoms in total. The van der Waals surface area contributed by atoms with Crippen LogP contribution in [-0.4, -0.2) is 111 Å². The summed E-state index contributed by atoms with van der Waals surface area (Å²) in [4.78, 5) is 52.4. The minimum absolute atomic E-state index is 0.133. The summed E-state index contributed by atoms with van der Waals surface area (Å²) in [5.41, 5.74) is 2.11. The van der Waals surface area contributed by atoms with Crippen LogP contribution in [0, 0.1) is 11.8 Å². The summed E-state index contributed by atoms with van der Waals surface area (Å²) < 4.78 is 83.6. The van der Waals surface area contributed by atoms with Gasteiger partial charge in [-0.15, -0.1) is 0 Å². The molecule has 344 valence electrons. The molecule has 0 radical (unpaired) electrons. The number of anilines is 5. The van der Waals surface area contributed by atoms with E-state index in [0.29, 0.717) is 103 Å². The van der Waals surface area contributed by atoms with Crippen molar-refractivity contribution in [2.75, 3.05) is 66.3 Å². The summed E-state index contributed by atoms with van der Waals surface area (Å²) >= 11 is 6.60. The van der Waals surface area contributed by atoms with Gasteiger partial charge >= 0.3 is 12.1 Å². The molecule has 3 aromatic heterocycles. The van der Waals surface area contributed by atoms with Crippen LogP contribution in [-0.2, 0) is 23.7 Å². The number of piperazine rings is 1. The molecule has 5 aliphatic rings. The van der Waals surface area contributed by atoms with E-state index in [4.69, 9.17) is 21.3 Å². The number of alkyl halides is 5. The molecule has 10 rings (SSSR count). The molecule has 1 saturated carbocycles. The van der Waals surface area contributed by atoms with Crippen LogP contribution in [0.3, 0.4) is 0 Å². The zero-order chi connectivity index (χ0) is 45.5. The Bertz CT molecular complexity index is 2770. The van der Waals surface area contributed by atoms with Crippen LogP contribution in [0.25, 0.3) is 21.8 Å². The largest absolute Gasteiger partial charge is 0.480 e. The van der Waals surface area contributed by atoms with E-state index in [-0.39, 0.29) is 60.1 Å². The Balaban J connectivity index is 0.812. The highest BCUT2D eigenvalue weighted by Gasteiger charge is 2.51. The number of fused-ring (bicyclic) bond motifs is 4. The van der Waals surface area contributed by atoms with Crippen molar-refractivity contribution >= 4 is 74.0 Å². The minimum atomic E-state index is -4.53. The Morgan fingerprint density at radius 3 is 2.51 bits per heavy atom. The molecule has 5 aromatic rings.